The van der Waals surface area contributed by atoms with Crippen molar-refractivity contribution in [2.75, 3.05) is 0 Å². The Hall–Kier alpha value is -1.00. The van der Waals surface area contributed by atoms with Crippen molar-refractivity contribution in [3.8, 4) is 0 Å². The summed E-state index contributed by atoms with van der Waals surface area (Å²) in [7, 11) is 0. The van der Waals surface area contributed by atoms with Crippen LogP contribution in [0.2, 0.25) is 0 Å². The minimum Gasteiger partial charge on any atom is -0.289 e. The molecule has 3 rings (SSSR count). The lowest BCUT2D eigenvalue weighted by Gasteiger charge is -2.42. The fourth-order valence-corrected chi connectivity index (χ4v) is 4.54. The lowest BCUT2D eigenvalue weighted by atomic mass is 9.70. The quantitative estimate of drug-likeness (QED) is 0.535. The second kappa shape index (κ2) is 5.00. The molecule has 1 unspecified atom stereocenters. The molecule has 2 nitrogen and oxygen atoms in total. The summed E-state index contributed by atoms with van der Waals surface area (Å²) in [5, 5.41) is 0. The van der Waals surface area contributed by atoms with Gasteiger partial charge in [-0.1, -0.05) is 83.0 Å². The Bertz CT molecular complexity index is 766. The molecule has 22 heavy (non-hydrogen) atoms. The predicted octanol–water partition coefficient (Wildman–Crippen LogP) is 5.22. The maximum atomic E-state index is 12.9. The van der Waals surface area contributed by atoms with Crippen molar-refractivity contribution < 1.29 is 9.59 Å². The van der Waals surface area contributed by atoms with Crippen LogP contribution in [0.1, 0.15) is 47.9 Å². The monoisotopic (exact) mass is 422 g/mol. The molecule has 0 bridgehead atoms. The molecular formula is C18H16Br2O2. The largest absolute Gasteiger partial charge is 0.289 e. The summed E-state index contributed by atoms with van der Waals surface area (Å²) in [5.74, 6) is -0.111. The van der Waals surface area contributed by atoms with Crippen LogP contribution in [0, 0.1) is 5.41 Å². The molecule has 0 fully saturated rings. The summed E-state index contributed by atoms with van der Waals surface area (Å²) >= 11 is 7.32. The first kappa shape index (κ1) is 15.9. The first-order valence-corrected chi connectivity index (χ1v) is 8.73. The van der Waals surface area contributed by atoms with E-state index in [1.165, 1.54) is 0 Å². The van der Waals surface area contributed by atoms with Crippen LogP contribution < -0.4 is 0 Å². The van der Waals surface area contributed by atoms with Gasteiger partial charge in [0.15, 0.2) is 11.6 Å². The number of allylic oxidation sites excluding steroid dienone is 4. The first-order chi connectivity index (χ1) is 10.2. The van der Waals surface area contributed by atoms with Crippen molar-refractivity contribution >= 4 is 43.4 Å². The van der Waals surface area contributed by atoms with Crippen molar-refractivity contribution in [1.82, 2.24) is 0 Å². The van der Waals surface area contributed by atoms with Crippen molar-refractivity contribution in [3.63, 3.8) is 0 Å². The third-order valence-electron chi connectivity index (χ3n) is 4.49. The molecule has 0 aliphatic heterocycles. The van der Waals surface area contributed by atoms with Crippen LogP contribution in [0.4, 0.5) is 0 Å². The van der Waals surface area contributed by atoms with Gasteiger partial charge in [0.2, 0.25) is 0 Å². The van der Waals surface area contributed by atoms with Gasteiger partial charge in [-0.2, -0.15) is 0 Å². The van der Waals surface area contributed by atoms with Gasteiger partial charge in [0.05, 0.1) is 4.32 Å². The van der Waals surface area contributed by atoms with E-state index < -0.39 is 0 Å². The summed E-state index contributed by atoms with van der Waals surface area (Å²) < 4.78 is 0.341. The van der Waals surface area contributed by atoms with E-state index in [4.69, 9.17) is 0 Å². The highest BCUT2D eigenvalue weighted by Gasteiger charge is 2.46. The summed E-state index contributed by atoms with van der Waals surface area (Å²) in [6.07, 6.45) is 2.53. The minimum atomic E-state index is -0.361. The molecule has 0 N–H and O–H groups in total. The number of alkyl halides is 1. The fourth-order valence-electron chi connectivity index (χ4n) is 2.91. The van der Waals surface area contributed by atoms with Crippen LogP contribution in [-0.2, 0) is 0 Å². The van der Waals surface area contributed by atoms with E-state index in [2.05, 4.69) is 52.6 Å². The standard InChI is InChI=1S/C18H16Br2O2/c1-17(2,3)18(20)8-12-14(13(19)9-18)16(22)11-7-5-4-6-10(11)15(12)21/h4-7,9H,8H2,1-3H3. The average Bonchev–Trinajstić information content (AvgIpc) is 2.43. The van der Waals surface area contributed by atoms with E-state index in [0.29, 0.717) is 33.2 Å². The van der Waals surface area contributed by atoms with Crippen LogP contribution in [0.15, 0.2) is 46.0 Å². The lowest BCUT2D eigenvalue weighted by Crippen LogP contribution is -2.40. The molecule has 0 spiro atoms. The molecule has 1 atom stereocenters. The molecule has 2 aliphatic carbocycles. The van der Waals surface area contributed by atoms with Crippen LogP contribution in [-0.4, -0.2) is 15.9 Å². The molecular weight excluding hydrogens is 408 g/mol. The third-order valence-corrected chi connectivity index (χ3v) is 6.82. The summed E-state index contributed by atoms with van der Waals surface area (Å²) in [6, 6.07) is 7.05. The molecule has 0 radical (unpaired) electrons. The molecule has 114 valence electrons. The van der Waals surface area contributed by atoms with Crippen LogP contribution >= 0.6 is 31.9 Å². The van der Waals surface area contributed by atoms with Gasteiger partial charge >= 0.3 is 0 Å². The van der Waals surface area contributed by atoms with Crippen molar-refractivity contribution in [3.05, 3.63) is 57.1 Å². The molecule has 1 aromatic carbocycles. The predicted molar refractivity (Wildman–Crippen MR) is 94.9 cm³/mol. The maximum Gasteiger partial charge on any atom is 0.195 e. The molecule has 0 saturated carbocycles. The molecule has 0 heterocycles. The van der Waals surface area contributed by atoms with Crippen molar-refractivity contribution in [2.24, 2.45) is 5.41 Å². The van der Waals surface area contributed by atoms with Crippen LogP contribution in [0.25, 0.3) is 0 Å². The Labute approximate surface area is 146 Å². The van der Waals surface area contributed by atoms with E-state index >= 15 is 0 Å². The minimum absolute atomic E-state index is 0.0386. The van der Waals surface area contributed by atoms with Gasteiger partial charge in [0.1, 0.15) is 0 Å². The van der Waals surface area contributed by atoms with Crippen LogP contribution in [0.3, 0.4) is 0 Å². The highest BCUT2D eigenvalue weighted by molar-refractivity contribution is 9.12. The van der Waals surface area contributed by atoms with E-state index in [1.54, 1.807) is 24.3 Å². The first-order valence-electron chi connectivity index (χ1n) is 7.15. The number of rotatable bonds is 0. The second-order valence-electron chi connectivity index (χ2n) is 6.84. The number of hydrogen-bond donors (Lipinski definition) is 0. The maximum absolute atomic E-state index is 12.9. The van der Waals surface area contributed by atoms with Gasteiger partial charge in [0, 0.05) is 26.8 Å². The number of ketones is 2. The van der Waals surface area contributed by atoms with E-state index in [1.807, 2.05) is 6.08 Å². The van der Waals surface area contributed by atoms with Gasteiger partial charge in [-0.15, -0.1) is 0 Å². The average molecular weight is 424 g/mol. The van der Waals surface area contributed by atoms with E-state index in [-0.39, 0.29) is 21.3 Å². The van der Waals surface area contributed by atoms with Gasteiger partial charge in [-0.3, -0.25) is 9.59 Å². The van der Waals surface area contributed by atoms with Gasteiger partial charge < -0.3 is 0 Å². The number of benzene rings is 1. The van der Waals surface area contributed by atoms with Gasteiger partial charge in [-0.25, -0.2) is 0 Å². The van der Waals surface area contributed by atoms with E-state index in [9.17, 15) is 9.59 Å². The Balaban J connectivity index is 2.19. The summed E-state index contributed by atoms with van der Waals surface area (Å²) in [5.41, 5.74) is 2.03. The second-order valence-corrected chi connectivity index (χ2v) is 9.11. The fraction of sp³-hybridized carbons (Fsp3) is 0.333. The number of Topliss-reactive ketones (excluding diaryl/α,β-unsaturated/α-hetero) is 2. The Morgan fingerprint density at radius 3 is 2.14 bits per heavy atom. The zero-order valence-corrected chi connectivity index (χ0v) is 15.8. The Morgan fingerprint density at radius 1 is 1.05 bits per heavy atom. The molecule has 2 aliphatic rings. The van der Waals surface area contributed by atoms with Gasteiger partial charge in [0.25, 0.3) is 0 Å². The topological polar surface area (TPSA) is 34.1 Å². The molecule has 0 saturated heterocycles. The molecule has 0 amide bonds. The van der Waals surface area contributed by atoms with Crippen LogP contribution in [0.5, 0.6) is 0 Å². The SMILES string of the molecule is CC(C)(C)C1(Br)C=C(Br)C2=C(C1)C(=O)c1ccccc1C2=O. The number of halogens is 2. The van der Waals surface area contributed by atoms with Crippen molar-refractivity contribution in [2.45, 2.75) is 31.5 Å². The number of fused-ring (bicyclic) bond motifs is 1. The van der Waals surface area contributed by atoms with Crippen molar-refractivity contribution in [1.29, 1.82) is 0 Å². The molecule has 1 aromatic rings. The number of carbonyl (C=O) groups excluding carboxylic acids is 2. The highest BCUT2D eigenvalue weighted by Crippen LogP contribution is 2.51. The smallest absolute Gasteiger partial charge is 0.195 e. The molecule has 4 heteroatoms. The number of hydrogen-bond acceptors (Lipinski definition) is 2. The molecule has 0 aromatic heterocycles. The highest BCUT2D eigenvalue weighted by atomic mass is 79.9. The normalized spacial score (nSPS) is 24.9. The number of carbonyl (C=O) groups is 2. The van der Waals surface area contributed by atoms with E-state index in [0.717, 1.165) is 0 Å². The lowest BCUT2D eigenvalue weighted by molar-refractivity contribution is 0.0969. The third kappa shape index (κ3) is 2.19. The summed E-state index contributed by atoms with van der Waals surface area (Å²) in [4.78, 5) is 25.6. The zero-order valence-electron chi connectivity index (χ0n) is 12.7. The Morgan fingerprint density at radius 2 is 1.59 bits per heavy atom. The van der Waals surface area contributed by atoms with Gasteiger partial charge in [-0.05, 0) is 11.8 Å². The Kier molecular flexibility index (Phi) is 3.61. The zero-order chi connectivity index (χ0) is 16.3. The summed E-state index contributed by atoms with van der Waals surface area (Å²) in [6.45, 7) is 6.35.